The summed E-state index contributed by atoms with van der Waals surface area (Å²) in [5.41, 5.74) is 0. The number of rotatable bonds is 2. The fourth-order valence-corrected chi connectivity index (χ4v) is 4.06. The van der Waals surface area contributed by atoms with Crippen molar-refractivity contribution in [2.24, 2.45) is 11.8 Å². The summed E-state index contributed by atoms with van der Waals surface area (Å²) < 4.78 is 6.05. The zero-order valence-electron chi connectivity index (χ0n) is 12.9. The molecule has 4 fully saturated rings. The van der Waals surface area contributed by atoms with E-state index in [0.717, 1.165) is 64.6 Å². The molecule has 0 aromatic rings. The summed E-state index contributed by atoms with van der Waals surface area (Å²) in [5, 5.41) is 0. The second-order valence-corrected chi connectivity index (χ2v) is 7.25. The second-order valence-electron chi connectivity index (χ2n) is 7.25. The minimum atomic E-state index is 0.248. The third kappa shape index (κ3) is 3.04. The fraction of sp³-hybridized carbons (Fsp3) is 0.938. The van der Waals surface area contributed by atoms with Crippen LogP contribution in [0, 0.1) is 11.8 Å². The van der Waals surface area contributed by atoms with Crippen molar-refractivity contribution in [3.8, 4) is 0 Å². The van der Waals surface area contributed by atoms with Gasteiger partial charge in [0.05, 0.1) is 12.7 Å². The van der Waals surface area contributed by atoms with E-state index in [2.05, 4.69) is 4.90 Å². The van der Waals surface area contributed by atoms with Gasteiger partial charge in [-0.15, -0.1) is 0 Å². The van der Waals surface area contributed by atoms with Crippen molar-refractivity contribution in [2.75, 3.05) is 52.4 Å². The predicted octanol–water partition coefficient (Wildman–Crippen LogP) is 1.24. The lowest BCUT2D eigenvalue weighted by Crippen LogP contribution is -2.41. The maximum atomic E-state index is 12.5. The van der Waals surface area contributed by atoms with Crippen LogP contribution in [0.1, 0.15) is 25.7 Å². The van der Waals surface area contributed by atoms with E-state index in [1.54, 1.807) is 0 Å². The number of hydrogen-bond acceptors (Lipinski definition) is 3. The van der Waals surface area contributed by atoms with Crippen molar-refractivity contribution < 1.29 is 9.53 Å². The smallest absolute Gasteiger partial charge is 0.320 e. The zero-order chi connectivity index (χ0) is 14.2. The highest BCUT2D eigenvalue weighted by Crippen LogP contribution is 2.32. The lowest BCUT2D eigenvalue weighted by molar-refractivity contribution is 0.0521. The summed E-state index contributed by atoms with van der Waals surface area (Å²) >= 11 is 0. The van der Waals surface area contributed by atoms with Gasteiger partial charge in [0.15, 0.2) is 0 Å². The van der Waals surface area contributed by atoms with E-state index >= 15 is 0 Å². The number of ether oxygens (including phenoxy) is 1. The minimum Gasteiger partial charge on any atom is -0.375 e. The molecule has 2 amide bonds. The number of urea groups is 1. The first-order valence-corrected chi connectivity index (χ1v) is 8.67. The molecule has 4 aliphatic rings. The van der Waals surface area contributed by atoms with E-state index in [0.29, 0.717) is 5.92 Å². The summed E-state index contributed by atoms with van der Waals surface area (Å²) in [5.74, 6) is 1.45. The Hall–Kier alpha value is -0.810. The minimum absolute atomic E-state index is 0.248. The van der Waals surface area contributed by atoms with Crippen LogP contribution in [-0.2, 0) is 4.74 Å². The molecule has 0 aromatic heterocycles. The molecule has 0 N–H and O–H groups in total. The Morgan fingerprint density at radius 1 is 1.00 bits per heavy atom. The van der Waals surface area contributed by atoms with Gasteiger partial charge in [0.25, 0.3) is 0 Å². The normalized spacial score (nSPS) is 34.1. The third-order valence-corrected chi connectivity index (χ3v) is 5.47. The number of likely N-dealkylation sites (tertiary alicyclic amines) is 2. The second kappa shape index (κ2) is 5.76. The average Bonchev–Trinajstić information content (AvgIpc) is 3.02. The lowest BCUT2D eigenvalue weighted by atomic mass is 10.1. The molecule has 3 saturated heterocycles. The zero-order valence-corrected chi connectivity index (χ0v) is 12.9. The lowest BCUT2D eigenvalue weighted by Gasteiger charge is -2.25. The largest absolute Gasteiger partial charge is 0.375 e. The molecule has 0 bridgehead atoms. The van der Waals surface area contributed by atoms with Crippen molar-refractivity contribution in [1.82, 2.24) is 14.7 Å². The highest BCUT2D eigenvalue weighted by molar-refractivity contribution is 5.75. The van der Waals surface area contributed by atoms with Gasteiger partial charge >= 0.3 is 6.03 Å². The number of fused-ring (bicyclic) bond motifs is 1. The molecule has 2 atom stereocenters. The average molecular weight is 293 g/mol. The SMILES string of the molecule is O=C(N1CCCC1)N1C[C@@H]2CN(CC3CC3)CCO[C@@H]2C1. The molecular weight excluding hydrogens is 266 g/mol. The van der Waals surface area contributed by atoms with Crippen LogP contribution in [-0.4, -0.2) is 79.3 Å². The Morgan fingerprint density at radius 3 is 2.57 bits per heavy atom. The molecule has 0 aromatic carbocycles. The highest BCUT2D eigenvalue weighted by Gasteiger charge is 2.40. The van der Waals surface area contributed by atoms with Crippen molar-refractivity contribution in [1.29, 1.82) is 0 Å². The van der Waals surface area contributed by atoms with Crippen molar-refractivity contribution >= 4 is 6.03 Å². The summed E-state index contributed by atoms with van der Waals surface area (Å²) in [6, 6.07) is 0.248. The topological polar surface area (TPSA) is 36.0 Å². The predicted molar refractivity (Wildman–Crippen MR) is 80.2 cm³/mol. The van der Waals surface area contributed by atoms with Gasteiger partial charge in [0.1, 0.15) is 0 Å². The number of nitrogens with zero attached hydrogens (tertiary/aromatic N) is 3. The van der Waals surface area contributed by atoms with Crippen LogP contribution in [0.4, 0.5) is 4.79 Å². The summed E-state index contributed by atoms with van der Waals surface area (Å²) in [6.07, 6.45) is 5.41. The molecule has 4 rings (SSSR count). The van der Waals surface area contributed by atoms with Gasteiger partial charge in [-0.25, -0.2) is 4.79 Å². The first kappa shape index (κ1) is 13.8. The first-order chi connectivity index (χ1) is 10.3. The van der Waals surface area contributed by atoms with E-state index in [-0.39, 0.29) is 12.1 Å². The summed E-state index contributed by atoms with van der Waals surface area (Å²) in [4.78, 5) is 19.2. The van der Waals surface area contributed by atoms with Crippen LogP contribution in [0.15, 0.2) is 0 Å². The van der Waals surface area contributed by atoms with E-state index in [9.17, 15) is 4.79 Å². The Labute approximate surface area is 127 Å². The van der Waals surface area contributed by atoms with Crippen LogP contribution < -0.4 is 0 Å². The quantitative estimate of drug-likeness (QED) is 0.769. The van der Waals surface area contributed by atoms with Crippen LogP contribution in [0.25, 0.3) is 0 Å². The van der Waals surface area contributed by atoms with Crippen molar-refractivity contribution in [2.45, 2.75) is 31.8 Å². The van der Waals surface area contributed by atoms with Crippen molar-refractivity contribution in [3.05, 3.63) is 0 Å². The van der Waals surface area contributed by atoms with E-state index in [4.69, 9.17) is 4.74 Å². The van der Waals surface area contributed by atoms with E-state index in [1.807, 2.05) is 9.80 Å². The molecular formula is C16H27N3O2. The maximum Gasteiger partial charge on any atom is 0.320 e. The first-order valence-electron chi connectivity index (χ1n) is 8.67. The molecule has 3 aliphatic heterocycles. The standard InChI is InChI=1S/C16H27N3O2/c20-16(18-5-1-2-6-18)19-11-14-10-17(9-13-3-4-13)7-8-21-15(14)12-19/h13-15H,1-12H2/t14-,15+/m0/s1. The Bertz CT molecular complexity index is 393. The number of hydrogen-bond donors (Lipinski definition) is 0. The van der Waals surface area contributed by atoms with Gasteiger partial charge in [-0.05, 0) is 31.6 Å². The molecule has 21 heavy (non-hydrogen) atoms. The van der Waals surface area contributed by atoms with E-state index < -0.39 is 0 Å². The summed E-state index contributed by atoms with van der Waals surface area (Å²) in [7, 11) is 0. The van der Waals surface area contributed by atoms with Gasteiger partial charge in [-0.1, -0.05) is 0 Å². The molecule has 0 radical (unpaired) electrons. The van der Waals surface area contributed by atoms with Gasteiger partial charge in [0.2, 0.25) is 0 Å². The Balaban J connectivity index is 1.35. The van der Waals surface area contributed by atoms with Crippen molar-refractivity contribution in [3.63, 3.8) is 0 Å². The molecule has 1 aliphatic carbocycles. The third-order valence-electron chi connectivity index (χ3n) is 5.47. The van der Waals surface area contributed by atoms with Gasteiger partial charge in [-0.3, -0.25) is 0 Å². The van der Waals surface area contributed by atoms with Crippen LogP contribution in [0.3, 0.4) is 0 Å². The molecule has 5 nitrogen and oxygen atoms in total. The molecule has 118 valence electrons. The van der Waals surface area contributed by atoms with Gasteiger partial charge in [-0.2, -0.15) is 0 Å². The van der Waals surface area contributed by atoms with Gasteiger partial charge in [0, 0.05) is 51.7 Å². The molecule has 5 heteroatoms. The van der Waals surface area contributed by atoms with Crippen LogP contribution in [0.5, 0.6) is 0 Å². The molecule has 0 unspecified atom stereocenters. The highest BCUT2D eigenvalue weighted by atomic mass is 16.5. The van der Waals surface area contributed by atoms with Crippen LogP contribution in [0.2, 0.25) is 0 Å². The number of carbonyl (C=O) groups is 1. The maximum absolute atomic E-state index is 12.5. The van der Waals surface area contributed by atoms with Gasteiger partial charge < -0.3 is 19.4 Å². The summed E-state index contributed by atoms with van der Waals surface area (Å²) in [6.45, 7) is 7.85. The van der Waals surface area contributed by atoms with Crippen LogP contribution >= 0.6 is 0 Å². The Kier molecular flexibility index (Phi) is 3.79. The molecule has 0 spiro atoms. The molecule has 3 heterocycles. The number of amides is 2. The van der Waals surface area contributed by atoms with E-state index in [1.165, 1.54) is 19.4 Å². The fourth-order valence-electron chi connectivity index (χ4n) is 4.06. The monoisotopic (exact) mass is 293 g/mol. The molecule has 1 saturated carbocycles. The Morgan fingerprint density at radius 2 is 1.81 bits per heavy atom. The number of carbonyl (C=O) groups excluding carboxylic acids is 1.